The molecule has 0 saturated carbocycles. The first-order valence-electron chi connectivity index (χ1n) is 5.50. The van der Waals surface area contributed by atoms with Crippen molar-refractivity contribution in [2.24, 2.45) is 0 Å². The van der Waals surface area contributed by atoms with E-state index in [2.05, 4.69) is 18.0 Å². The van der Waals surface area contributed by atoms with Gasteiger partial charge in [-0.25, -0.2) is 0 Å². The summed E-state index contributed by atoms with van der Waals surface area (Å²) < 4.78 is 0. The third kappa shape index (κ3) is 4.65. The van der Waals surface area contributed by atoms with Gasteiger partial charge in [-0.2, -0.15) is 5.26 Å². The molecule has 0 atom stereocenters. The molecule has 0 spiro atoms. The van der Waals surface area contributed by atoms with E-state index >= 15 is 0 Å². The Hall–Kier alpha value is -1.04. The van der Waals surface area contributed by atoms with Crippen molar-refractivity contribution in [1.29, 1.82) is 5.26 Å². The van der Waals surface area contributed by atoms with E-state index in [1.54, 1.807) is 0 Å². The van der Waals surface area contributed by atoms with Gasteiger partial charge >= 0.3 is 0 Å². The van der Waals surface area contributed by atoms with Crippen LogP contribution in [0.4, 0.5) is 0 Å². The zero-order chi connectivity index (χ0) is 11.8. The van der Waals surface area contributed by atoms with Crippen LogP contribution in [0.5, 0.6) is 0 Å². The van der Waals surface area contributed by atoms with E-state index in [1.807, 2.05) is 24.3 Å². The van der Waals surface area contributed by atoms with Crippen LogP contribution in [-0.2, 0) is 6.42 Å². The second-order valence-electron chi connectivity index (χ2n) is 3.90. The van der Waals surface area contributed by atoms with E-state index in [0.717, 1.165) is 37.4 Å². The first kappa shape index (κ1) is 13.0. The molecule has 0 aliphatic rings. The summed E-state index contributed by atoms with van der Waals surface area (Å²) in [5.41, 5.74) is 2.00. The minimum absolute atomic E-state index is 0.722. The second-order valence-corrected chi connectivity index (χ2v) is 4.28. The third-order valence-electron chi connectivity index (χ3n) is 2.54. The lowest BCUT2D eigenvalue weighted by Gasteiger charge is -2.15. The van der Waals surface area contributed by atoms with Crippen LogP contribution < -0.4 is 0 Å². The zero-order valence-electron chi connectivity index (χ0n) is 9.62. The molecule has 0 amide bonds. The molecule has 0 heterocycles. The quantitative estimate of drug-likeness (QED) is 0.710. The van der Waals surface area contributed by atoms with Crippen molar-refractivity contribution < 1.29 is 0 Å². The Balaban J connectivity index is 2.34. The highest BCUT2D eigenvalue weighted by atomic mass is 35.5. The Kier molecular flexibility index (Phi) is 5.92. The Morgan fingerprint density at radius 1 is 1.25 bits per heavy atom. The van der Waals surface area contributed by atoms with Crippen LogP contribution >= 0.6 is 11.6 Å². The number of nitrogens with zero attached hydrogens (tertiary/aromatic N) is 2. The largest absolute Gasteiger partial charge is 0.306 e. The Morgan fingerprint density at radius 3 is 2.50 bits per heavy atom. The van der Waals surface area contributed by atoms with Gasteiger partial charge in [0.15, 0.2) is 0 Å². The van der Waals surface area contributed by atoms with Crippen molar-refractivity contribution in [2.75, 3.05) is 26.0 Å². The molecular formula is C13H17ClN2. The summed E-state index contributed by atoms with van der Waals surface area (Å²) in [6, 6.07) is 9.90. The first-order valence-corrected chi connectivity index (χ1v) is 6.03. The zero-order valence-corrected chi connectivity index (χ0v) is 10.4. The van der Waals surface area contributed by atoms with Gasteiger partial charge in [0.1, 0.15) is 0 Å². The summed E-state index contributed by atoms with van der Waals surface area (Å²) in [5.74, 6) is 0.723. The highest BCUT2D eigenvalue weighted by molar-refractivity contribution is 6.17. The van der Waals surface area contributed by atoms with Gasteiger partial charge in [-0.1, -0.05) is 12.1 Å². The third-order valence-corrected chi connectivity index (χ3v) is 2.81. The molecular weight excluding hydrogens is 220 g/mol. The van der Waals surface area contributed by atoms with Crippen molar-refractivity contribution in [1.82, 2.24) is 4.90 Å². The lowest BCUT2D eigenvalue weighted by atomic mass is 10.1. The van der Waals surface area contributed by atoms with Crippen LogP contribution in [0.3, 0.4) is 0 Å². The standard InChI is InChI=1S/C13H17ClN2/c1-16(9-2-8-14)10-7-12-3-5-13(11-15)6-4-12/h3-6H,2,7-10H2,1H3. The normalized spacial score (nSPS) is 10.4. The number of hydrogen-bond donors (Lipinski definition) is 0. The molecule has 0 fully saturated rings. The van der Waals surface area contributed by atoms with Crippen LogP contribution in [0.25, 0.3) is 0 Å². The summed E-state index contributed by atoms with van der Waals surface area (Å²) in [6.07, 6.45) is 2.05. The predicted octanol–water partition coefficient (Wildman–Crippen LogP) is 2.66. The molecule has 0 aromatic heterocycles. The minimum atomic E-state index is 0.722. The maximum atomic E-state index is 8.67. The molecule has 0 radical (unpaired) electrons. The van der Waals surface area contributed by atoms with Gasteiger partial charge in [0.05, 0.1) is 11.6 Å². The number of nitriles is 1. The summed E-state index contributed by atoms with van der Waals surface area (Å²) >= 11 is 5.64. The molecule has 0 aliphatic carbocycles. The SMILES string of the molecule is CN(CCCCl)CCc1ccc(C#N)cc1. The molecule has 1 aromatic carbocycles. The molecule has 16 heavy (non-hydrogen) atoms. The number of halogens is 1. The van der Waals surface area contributed by atoms with Crippen molar-refractivity contribution >= 4 is 11.6 Å². The van der Waals surface area contributed by atoms with Crippen LogP contribution in [0.15, 0.2) is 24.3 Å². The molecule has 3 heteroatoms. The number of hydrogen-bond acceptors (Lipinski definition) is 2. The predicted molar refractivity (Wildman–Crippen MR) is 67.7 cm³/mol. The summed E-state index contributed by atoms with van der Waals surface area (Å²) in [5, 5.41) is 8.67. The fourth-order valence-corrected chi connectivity index (χ4v) is 1.63. The summed E-state index contributed by atoms with van der Waals surface area (Å²) in [6.45, 7) is 2.07. The lowest BCUT2D eigenvalue weighted by Crippen LogP contribution is -2.22. The van der Waals surface area contributed by atoms with E-state index < -0.39 is 0 Å². The Bertz CT molecular complexity index is 340. The average Bonchev–Trinajstić information content (AvgIpc) is 2.34. The lowest BCUT2D eigenvalue weighted by molar-refractivity contribution is 0.340. The van der Waals surface area contributed by atoms with Crippen molar-refractivity contribution in [3.05, 3.63) is 35.4 Å². The summed E-state index contributed by atoms with van der Waals surface area (Å²) in [4.78, 5) is 2.28. The highest BCUT2D eigenvalue weighted by Gasteiger charge is 1.99. The molecule has 0 saturated heterocycles. The molecule has 0 N–H and O–H groups in total. The Labute approximate surface area is 102 Å². The van der Waals surface area contributed by atoms with Gasteiger partial charge in [0, 0.05) is 12.4 Å². The van der Waals surface area contributed by atoms with Crippen LogP contribution in [-0.4, -0.2) is 30.9 Å². The molecule has 0 unspecified atom stereocenters. The molecule has 0 aliphatic heterocycles. The van der Waals surface area contributed by atoms with Gasteiger partial charge in [0.25, 0.3) is 0 Å². The van der Waals surface area contributed by atoms with Gasteiger partial charge in [-0.15, -0.1) is 11.6 Å². The van der Waals surface area contributed by atoms with Crippen LogP contribution in [0.2, 0.25) is 0 Å². The number of likely N-dealkylation sites (N-methyl/N-ethyl adjacent to an activating group) is 1. The number of benzene rings is 1. The van der Waals surface area contributed by atoms with Crippen molar-refractivity contribution in [2.45, 2.75) is 12.8 Å². The van der Waals surface area contributed by atoms with E-state index in [4.69, 9.17) is 16.9 Å². The van der Waals surface area contributed by atoms with E-state index in [1.165, 1.54) is 5.56 Å². The van der Waals surface area contributed by atoms with E-state index in [0.29, 0.717) is 0 Å². The topological polar surface area (TPSA) is 27.0 Å². The first-order chi connectivity index (χ1) is 7.76. The van der Waals surface area contributed by atoms with Crippen molar-refractivity contribution in [3.8, 4) is 6.07 Å². The second kappa shape index (κ2) is 7.27. The monoisotopic (exact) mass is 236 g/mol. The highest BCUT2D eigenvalue weighted by Crippen LogP contribution is 2.04. The molecule has 0 bridgehead atoms. The van der Waals surface area contributed by atoms with Gasteiger partial charge in [-0.05, 0) is 44.1 Å². The Morgan fingerprint density at radius 2 is 1.94 bits per heavy atom. The fraction of sp³-hybridized carbons (Fsp3) is 0.462. The van der Waals surface area contributed by atoms with E-state index in [-0.39, 0.29) is 0 Å². The van der Waals surface area contributed by atoms with Crippen molar-refractivity contribution in [3.63, 3.8) is 0 Å². The van der Waals surface area contributed by atoms with E-state index in [9.17, 15) is 0 Å². The molecule has 1 rings (SSSR count). The maximum Gasteiger partial charge on any atom is 0.0991 e. The molecule has 1 aromatic rings. The van der Waals surface area contributed by atoms with Crippen LogP contribution in [0.1, 0.15) is 17.5 Å². The van der Waals surface area contributed by atoms with Crippen LogP contribution in [0, 0.1) is 11.3 Å². The fourth-order valence-electron chi connectivity index (χ4n) is 1.51. The maximum absolute atomic E-state index is 8.67. The van der Waals surface area contributed by atoms with Gasteiger partial charge in [-0.3, -0.25) is 0 Å². The smallest absolute Gasteiger partial charge is 0.0991 e. The van der Waals surface area contributed by atoms with Gasteiger partial charge in [0.2, 0.25) is 0 Å². The van der Waals surface area contributed by atoms with Gasteiger partial charge < -0.3 is 4.90 Å². The molecule has 86 valence electrons. The average molecular weight is 237 g/mol. The number of alkyl halides is 1. The molecule has 2 nitrogen and oxygen atoms in total. The number of rotatable bonds is 6. The minimum Gasteiger partial charge on any atom is -0.306 e. The summed E-state index contributed by atoms with van der Waals surface area (Å²) in [7, 11) is 2.11.